The predicted octanol–water partition coefficient (Wildman–Crippen LogP) is 1.34. The molecule has 0 aliphatic carbocycles. The Hall–Kier alpha value is -1.03. The van der Waals surface area contributed by atoms with Gasteiger partial charge in [-0.1, -0.05) is 17.7 Å². The molecular weight excluding hydrogens is 336 g/mol. The third kappa shape index (κ3) is 2.77. The van der Waals surface area contributed by atoms with Gasteiger partial charge in [0.15, 0.2) is 12.1 Å². The number of ether oxygens (including phenoxy) is 4. The van der Waals surface area contributed by atoms with Gasteiger partial charge < -0.3 is 18.9 Å². The first-order chi connectivity index (χ1) is 11.3. The fourth-order valence-corrected chi connectivity index (χ4v) is 4.41. The van der Waals surface area contributed by atoms with Crippen molar-refractivity contribution in [3.05, 3.63) is 29.8 Å². The van der Waals surface area contributed by atoms with Crippen LogP contribution < -0.4 is 0 Å². The standard InChI is InChI=1S/C16H20O7S/c1-9-4-6-10(7-5-9)24(17,18)23-12-11-8-19-15(20-11)14-13(12)21-16(2,3)22-14/h4-7,11-15H,8H2,1-3H3/t11-,12-,13+,14-,15-/m0/s1. The highest BCUT2D eigenvalue weighted by atomic mass is 32.2. The minimum absolute atomic E-state index is 0.101. The Kier molecular flexibility index (Phi) is 3.76. The third-order valence-corrected chi connectivity index (χ3v) is 5.73. The van der Waals surface area contributed by atoms with Crippen molar-refractivity contribution in [3.8, 4) is 0 Å². The van der Waals surface area contributed by atoms with E-state index in [1.54, 1.807) is 26.0 Å². The summed E-state index contributed by atoms with van der Waals surface area (Å²) in [6, 6.07) is 6.50. The van der Waals surface area contributed by atoms with Gasteiger partial charge in [-0.2, -0.15) is 8.42 Å². The monoisotopic (exact) mass is 356 g/mol. The molecule has 0 aromatic heterocycles. The molecule has 0 unspecified atom stereocenters. The number of aryl methyl sites for hydroxylation is 1. The summed E-state index contributed by atoms with van der Waals surface area (Å²) in [5, 5.41) is 0. The van der Waals surface area contributed by atoms with E-state index in [1.165, 1.54) is 12.1 Å². The molecule has 0 spiro atoms. The van der Waals surface area contributed by atoms with Crippen LogP contribution in [-0.4, -0.2) is 51.5 Å². The van der Waals surface area contributed by atoms with Crippen LogP contribution in [0.4, 0.5) is 0 Å². The minimum Gasteiger partial charge on any atom is -0.347 e. The lowest BCUT2D eigenvalue weighted by atomic mass is 10.0. The van der Waals surface area contributed by atoms with Crippen LogP contribution in [0.3, 0.4) is 0 Å². The molecular formula is C16H20O7S. The van der Waals surface area contributed by atoms with E-state index in [-0.39, 0.29) is 11.5 Å². The molecule has 132 valence electrons. The molecule has 24 heavy (non-hydrogen) atoms. The van der Waals surface area contributed by atoms with Crippen LogP contribution in [-0.2, 0) is 33.2 Å². The Morgan fingerprint density at radius 2 is 1.79 bits per heavy atom. The molecule has 5 atom stereocenters. The molecule has 4 rings (SSSR count). The van der Waals surface area contributed by atoms with Crippen molar-refractivity contribution >= 4 is 10.1 Å². The summed E-state index contributed by atoms with van der Waals surface area (Å²) in [7, 11) is -3.95. The first-order valence-corrected chi connectivity index (χ1v) is 9.29. The molecule has 7 nitrogen and oxygen atoms in total. The smallest absolute Gasteiger partial charge is 0.297 e. The van der Waals surface area contributed by atoms with Crippen molar-refractivity contribution in [3.63, 3.8) is 0 Å². The first kappa shape index (κ1) is 16.4. The second kappa shape index (κ2) is 5.48. The molecule has 1 aromatic rings. The molecule has 0 radical (unpaired) electrons. The van der Waals surface area contributed by atoms with Crippen molar-refractivity contribution in [2.45, 2.75) is 62.2 Å². The van der Waals surface area contributed by atoms with E-state index in [4.69, 9.17) is 23.1 Å². The fraction of sp³-hybridized carbons (Fsp3) is 0.625. The Labute approximate surface area is 140 Å². The van der Waals surface area contributed by atoms with Crippen molar-refractivity contribution < 1.29 is 31.5 Å². The van der Waals surface area contributed by atoms with E-state index in [2.05, 4.69) is 0 Å². The maximum absolute atomic E-state index is 12.6. The fourth-order valence-electron chi connectivity index (χ4n) is 3.30. The maximum atomic E-state index is 12.6. The van der Waals surface area contributed by atoms with Gasteiger partial charge in [-0.25, -0.2) is 0 Å². The van der Waals surface area contributed by atoms with Gasteiger partial charge >= 0.3 is 0 Å². The second-order valence-electron chi connectivity index (χ2n) is 6.77. The van der Waals surface area contributed by atoms with Crippen molar-refractivity contribution in [1.29, 1.82) is 0 Å². The molecule has 0 N–H and O–H groups in total. The van der Waals surface area contributed by atoms with E-state index in [1.807, 2.05) is 6.92 Å². The van der Waals surface area contributed by atoms with Crippen molar-refractivity contribution in [1.82, 2.24) is 0 Å². The summed E-state index contributed by atoms with van der Waals surface area (Å²) in [6.07, 6.45) is -2.96. The maximum Gasteiger partial charge on any atom is 0.297 e. The lowest BCUT2D eigenvalue weighted by molar-refractivity contribution is -0.195. The normalized spacial score (nSPS) is 37.4. The summed E-state index contributed by atoms with van der Waals surface area (Å²) in [5.41, 5.74) is 0.969. The predicted molar refractivity (Wildman–Crippen MR) is 81.7 cm³/mol. The second-order valence-corrected chi connectivity index (χ2v) is 8.34. The van der Waals surface area contributed by atoms with E-state index < -0.39 is 46.6 Å². The molecule has 3 fully saturated rings. The van der Waals surface area contributed by atoms with Gasteiger partial charge in [0.25, 0.3) is 10.1 Å². The first-order valence-electron chi connectivity index (χ1n) is 7.88. The van der Waals surface area contributed by atoms with Crippen LogP contribution in [0, 0.1) is 6.92 Å². The van der Waals surface area contributed by atoms with Gasteiger partial charge in [-0.05, 0) is 32.9 Å². The number of benzene rings is 1. The molecule has 2 bridgehead atoms. The third-order valence-electron chi connectivity index (χ3n) is 4.40. The Morgan fingerprint density at radius 1 is 1.12 bits per heavy atom. The van der Waals surface area contributed by atoms with Crippen LogP contribution >= 0.6 is 0 Å². The van der Waals surface area contributed by atoms with E-state index in [0.29, 0.717) is 0 Å². The Morgan fingerprint density at radius 3 is 2.50 bits per heavy atom. The number of hydrogen-bond acceptors (Lipinski definition) is 7. The Bertz CT molecular complexity index is 727. The molecule has 3 aliphatic heterocycles. The minimum atomic E-state index is -3.95. The van der Waals surface area contributed by atoms with Crippen LogP contribution in [0.5, 0.6) is 0 Å². The Balaban J connectivity index is 1.62. The van der Waals surface area contributed by atoms with Gasteiger partial charge in [0.2, 0.25) is 0 Å². The van der Waals surface area contributed by atoms with E-state index in [0.717, 1.165) is 5.56 Å². The molecule has 3 heterocycles. The average Bonchev–Trinajstić information content (AvgIpc) is 3.07. The van der Waals surface area contributed by atoms with E-state index >= 15 is 0 Å². The summed E-state index contributed by atoms with van der Waals surface area (Å²) >= 11 is 0. The summed E-state index contributed by atoms with van der Waals surface area (Å²) < 4.78 is 53.7. The number of hydrogen-bond donors (Lipinski definition) is 0. The van der Waals surface area contributed by atoms with Gasteiger partial charge in [0.05, 0.1) is 11.5 Å². The number of fused-ring (bicyclic) bond motifs is 4. The molecule has 3 aliphatic rings. The highest BCUT2D eigenvalue weighted by Gasteiger charge is 2.60. The largest absolute Gasteiger partial charge is 0.347 e. The van der Waals surface area contributed by atoms with Crippen LogP contribution in [0.2, 0.25) is 0 Å². The summed E-state index contributed by atoms with van der Waals surface area (Å²) in [4.78, 5) is 0.101. The highest BCUT2D eigenvalue weighted by molar-refractivity contribution is 7.86. The summed E-state index contributed by atoms with van der Waals surface area (Å²) in [5.74, 6) is -0.845. The topological polar surface area (TPSA) is 80.3 Å². The van der Waals surface area contributed by atoms with Gasteiger partial charge in [-0.3, -0.25) is 4.18 Å². The van der Waals surface area contributed by atoms with Gasteiger partial charge in [0.1, 0.15) is 24.4 Å². The zero-order chi connectivity index (χ0) is 17.1. The van der Waals surface area contributed by atoms with Crippen LogP contribution in [0.15, 0.2) is 29.2 Å². The zero-order valence-corrected chi connectivity index (χ0v) is 14.5. The molecule has 1 aromatic carbocycles. The number of rotatable bonds is 3. The molecule has 0 amide bonds. The molecule has 3 saturated heterocycles. The lowest BCUT2D eigenvalue weighted by Crippen LogP contribution is -2.54. The quantitative estimate of drug-likeness (QED) is 0.756. The van der Waals surface area contributed by atoms with Crippen molar-refractivity contribution in [2.24, 2.45) is 0 Å². The van der Waals surface area contributed by atoms with Gasteiger partial charge in [0, 0.05) is 0 Å². The van der Waals surface area contributed by atoms with Gasteiger partial charge in [-0.15, -0.1) is 0 Å². The lowest BCUT2D eigenvalue weighted by Gasteiger charge is -2.34. The summed E-state index contributed by atoms with van der Waals surface area (Å²) in [6.45, 7) is 5.67. The van der Waals surface area contributed by atoms with E-state index in [9.17, 15) is 8.42 Å². The van der Waals surface area contributed by atoms with Crippen molar-refractivity contribution in [2.75, 3.05) is 6.61 Å². The molecule has 0 saturated carbocycles. The molecule has 8 heteroatoms. The highest BCUT2D eigenvalue weighted by Crippen LogP contribution is 2.42. The van der Waals surface area contributed by atoms with Crippen LogP contribution in [0.1, 0.15) is 19.4 Å². The van der Waals surface area contributed by atoms with Crippen LogP contribution in [0.25, 0.3) is 0 Å². The zero-order valence-electron chi connectivity index (χ0n) is 13.7. The average molecular weight is 356 g/mol. The SMILES string of the molecule is Cc1ccc(S(=O)(=O)O[C@@H]2[C@H]3OC(C)(C)O[C@@H]3[C@H]3OC[C@@H]2O3)cc1.